The van der Waals surface area contributed by atoms with Crippen LogP contribution in [0.3, 0.4) is 0 Å². The topological polar surface area (TPSA) is 52.6 Å². The van der Waals surface area contributed by atoms with Crippen molar-refractivity contribution >= 4 is 21.8 Å². The van der Waals surface area contributed by atoms with Crippen LogP contribution in [0.25, 0.3) is 0 Å². The van der Waals surface area contributed by atoms with Gasteiger partial charge in [0.1, 0.15) is 5.75 Å². The summed E-state index contributed by atoms with van der Waals surface area (Å²) in [5.74, 6) is 0.0748. The van der Waals surface area contributed by atoms with Crippen LogP contribution in [0.1, 0.15) is 16.8 Å². The molecule has 1 fully saturated rings. The first-order valence-corrected chi connectivity index (χ1v) is 6.36. The van der Waals surface area contributed by atoms with Gasteiger partial charge in [-0.25, -0.2) is 0 Å². The molecule has 1 aromatic carbocycles. The van der Waals surface area contributed by atoms with Gasteiger partial charge in [-0.1, -0.05) is 0 Å². The van der Waals surface area contributed by atoms with Crippen LogP contribution in [0.4, 0.5) is 0 Å². The van der Waals surface area contributed by atoms with Crippen LogP contribution in [0, 0.1) is 0 Å². The molecule has 17 heavy (non-hydrogen) atoms. The molecule has 2 N–H and O–H groups in total. The minimum Gasteiger partial charge on any atom is -0.507 e. The SMILES string of the molecule is CNC1CCN(C(=O)c2ccc(Br)c(O)c2)C1. The molecule has 0 bridgehead atoms. The highest BCUT2D eigenvalue weighted by molar-refractivity contribution is 9.10. The van der Waals surface area contributed by atoms with Crippen molar-refractivity contribution in [3.8, 4) is 5.75 Å². The Kier molecular flexibility index (Phi) is 3.69. The van der Waals surface area contributed by atoms with Crippen LogP contribution in [-0.4, -0.2) is 42.1 Å². The predicted octanol–water partition coefficient (Wildman–Crippen LogP) is 1.59. The second kappa shape index (κ2) is 5.06. The highest BCUT2D eigenvalue weighted by Gasteiger charge is 2.26. The maximum Gasteiger partial charge on any atom is 0.254 e. The molecule has 0 aliphatic carbocycles. The molecule has 1 unspecified atom stereocenters. The van der Waals surface area contributed by atoms with Gasteiger partial charge in [0.25, 0.3) is 5.91 Å². The Hall–Kier alpha value is -1.07. The smallest absolute Gasteiger partial charge is 0.254 e. The Morgan fingerprint density at radius 1 is 1.59 bits per heavy atom. The first kappa shape index (κ1) is 12.4. The molecular formula is C12H15BrN2O2. The Morgan fingerprint density at radius 2 is 2.35 bits per heavy atom. The minimum atomic E-state index is -0.0226. The maximum atomic E-state index is 12.1. The zero-order chi connectivity index (χ0) is 12.4. The fraction of sp³-hybridized carbons (Fsp3) is 0.417. The van der Waals surface area contributed by atoms with Crippen molar-refractivity contribution in [1.82, 2.24) is 10.2 Å². The molecule has 1 heterocycles. The average Bonchev–Trinajstić information content (AvgIpc) is 2.80. The first-order chi connectivity index (χ1) is 8.11. The van der Waals surface area contributed by atoms with E-state index in [0.29, 0.717) is 16.1 Å². The Labute approximate surface area is 109 Å². The summed E-state index contributed by atoms with van der Waals surface area (Å²) < 4.78 is 0.601. The van der Waals surface area contributed by atoms with E-state index in [9.17, 15) is 9.90 Å². The lowest BCUT2D eigenvalue weighted by Crippen LogP contribution is -2.33. The fourth-order valence-corrected chi connectivity index (χ4v) is 2.26. The van der Waals surface area contributed by atoms with E-state index in [1.807, 2.05) is 11.9 Å². The van der Waals surface area contributed by atoms with E-state index in [2.05, 4.69) is 21.2 Å². The summed E-state index contributed by atoms with van der Waals surface area (Å²) in [4.78, 5) is 14.0. The van der Waals surface area contributed by atoms with Crippen molar-refractivity contribution in [2.75, 3.05) is 20.1 Å². The molecular weight excluding hydrogens is 284 g/mol. The second-order valence-corrected chi connectivity index (χ2v) is 5.05. The standard InChI is InChI=1S/C12H15BrN2O2/c1-14-9-4-5-15(7-9)12(17)8-2-3-10(13)11(16)6-8/h2-3,6,9,14,16H,4-5,7H2,1H3. The predicted molar refractivity (Wildman–Crippen MR) is 69.2 cm³/mol. The van der Waals surface area contributed by atoms with E-state index in [1.165, 1.54) is 6.07 Å². The summed E-state index contributed by atoms with van der Waals surface area (Å²) in [7, 11) is 1.91. The van der Waals surface area contributed by atoms with Gasteiger partial charge in [-0.05, 0) is 47.6 Å². The summed E-state index contributed by atoms with van der Waals surface area (Å²) in [5.41, 5.74) is 0.530. The van der Waals surface area contributed by atoms with Crippen LogP contribution in [0.5, 0.6) is 5.75 Å². The third kappa shape index (κ3) is 2.61. The van der Waals surface area contributed by atoms with Crippen molar-refractivity contribution in [1.29, 1.82) is 0 Å². The van der Waals surface area contributed by atoms with Crippen LogP contribution in [-0.2, 0) is 0 Å². The first-order valence-electron chi connectivity index (χ1n) is 5.57. The third-order valence-corrected chi connectivity index (χ3v) is 3.75. The molecule has 1 saturated heterocycles. The highest BCUT2D eigenvalue weighted by atomic mass is 79.9. The van der Waals surface area contributed by atoms with Crippen LogP contribution in [0.15, 0.2) is 22.7 Å². The van der Waals surface area contributed by atoms with Crippen molar-refractivity contribution in [3.05, 3.63) is 28.2 Å². The Balaban J connectivity index is 2.12. The zero-order valence-corrected chi connectivity index (χ0v) is 11.2. The number of likely N-dealkylation sites (tertiary alicyclic amines) is 1. The molecule has 0 spiro atoms. The lowest BCUT2D eigenvalue weighted by Gasteiger charge is -2.16. The number of carbonyl (C=O) groups is 1. The Morgan fingerprint density at radius 3 is 2.94 bits per heavy atom. The van der Waals surface area contributed by atoms with Gasteiger partial charge < -0.3 is 15.3 Å². The van der Waals surface area contributed by atoms with E-state index in [-0.39, 0.29) is 11.7 Å². The van der Waals surface area contributed by atoms with Gasteiger partial charge in [0.05, 0.1) is 4.47 Å². The summed E-state index contributed by atoms with van der Waals surface area (Å²) in [6.45, 7) is 1.49. The van der Waals surface area contributed by atoms with Gasteiger partial charge in [-0.2, -0.15) is 0 Å². The number of phenolic OH excluding ortho intramolecular Hbond substituents is 1. The highest BCUT2D eigenvalue weighted by Crippen LogP contribution is 2.25. The van der Waals surface area contributed by atoms with Gasteiger partial charge >= 0.3 is 0 Å². The molecule has 4 nitrogen and oxygen atoms in total. The summed E-state index contributed by atoms with van der Waals surface area (Å²) in [6, 6.07) is 5.29. The zero-order valence-electron chi connectivity index (χ0n) is 9.61. The second-order valence-electron chi connectivity index (χ2n) is 4.19. The van der Waals surface area contributed by atoms with E-state index in [0.717, 1.165) is 19.5 Å². The number of hydrogen-bond donors (Lipinski definition) is 2. The number of rotatable bonds is 2. The molecule has 1 aliphatic rings. The average molecular weight is 299 g/mol. The van der Waals surface area contributed by atoms with Gasteiger partial charge in [0.2, 0.25) is 0 Å². The van der Waals surface area contributed by atoms with E-state index in [1.54, 1.807) is 12.1 Å². The number of nitrogens with zero attached hydrogens (tertiary/aromatic N) is 1. The van der Waals surface area contributed by atoms with Crippen molar-refractivity contribution in [2.45, 2.75) is 12.5 Å². The van der Waals surface area contributed by atoms with Crippen molar-refractivity contribution in [3.63, 3.8) is 0 Å². The number of hydrogen-bond acceptors (Lipinski definition) is 3. The monoisotopic (exact) mass is 298 g/mol. The Bertz CT molecular complexity index is 437. The molecule has 1 aromatic rings. The fourth-order valence-electron chi connectivity index (χ4n) is 2.01. The molecule has 0 radical (unpaired) electrons. The minimum absolute atomic E-state index is 0.0226. The van der Waals surface area contributed by atoms with Crippen LogP contribution >= 0.6 is 15.9 Å². The molecule has 1 aliphatic heterocycles. The van der Waals surface area contributed by atoms with Crippen LogP contribution < -0.4 is 5.32 Å². The van der Waals surface area contributed by atoms with Gasteiger partial charge in [0.15, 0.2) is 0 Å². The number of halogens is 1. The molecule has 1 atom stereocenters. The molecule has 92 valence electrons. The molecule has 2 rings (SSSR count). The van der Waals surface area contributed by atoms with Gasteiger partial charge in [0, 0.05) is 24.7 Å². The van der Waals surface area contributed by atoms with E-state index in [4.69, 9.17) is 0 Å². The molecule has 0 aromatic heterocycles. The number of nitrogens with one attached hydrogen (secondary N) is 1. The van der Waals surface area contributed by atoms with Crippen molar-refractivity contribution in [2.24, 2.45) is 0 Å². The van der Waals surface area contributed by atoms with Crippen LogP contribution in [0.2, 0.25) is 0 Å². The lowest BCUT2D eigenvalue weighted by molar-refractivity contribution is 0.0789. The quantitative estimate of drug-likeness (QED) is 0.872. The number of aromatic hydroxyl groups is 1. The van der Waals surface area contributed by atoms with Gasteiger partial charge in [-0.15, -0.1) is 0 Å². The third-order valence-electron chi connectivity index (χ3n) is 3.08. The number of likely N-dealkylation sites (N-methyl/N-ethyl adjacent to an activating group) is 1. The normalized spacial score (nSPS) is 19.6. The van der Waals surface area contributed by atoms with E-state index >= 15 is 0 Å². The number of carbonyl (C=O) groups excluding carboxylic acids is 1. The lowest BCUT2D eigenvalue weighted by atomic mass is 10.2. The summed E-state index contributed by atoms with van der Waals surface area (Å²) in [5, 5.41) is 12.7. The maximum absolute atomic E-state index is 12.1. The van der Waals surface area contributed by atoms with Crippen molar-refractivity contribution < 1.29 is 9.90 Å². The number of benzene rings is 1. The molecule has 5 heteroatoms. The number of amides is 1. The van der Waals surface area contributed by atoms with E-state index < -0.39 is 0 Å². The number of phenols is 1. The summed E-state index contributed by atoms with van der Waals surface area (Å²) >= 11 is 3.20. The molecule has 1 amide bonds. The largest absolute Gasteiger partial charge is 0.507 e. The van der Waals surface area contributed by atoms with Gasteiger partial charge in [-0.3, -0.25) is 4.79 Å². The summed E-state index contributed by atoms with van der Waals surface area (Å²) in [6.07, 6.45) is 0.977. The molecule has 0 saturated carbocycles.